The van der Waals surface area contributed by atoms with Gasteiger partial charge in [0.15, 0.2) is 0 Å². The number of Topliss-reactive ketones (excluding diaryl/α,β-unsaturated/α-hetero) is 1. The van der Waals surface area contributed by atoms with Gasteiger partial charge in [0.25, 0.3) is 0 Å². The Bertz CT molecular complexity index is 349. The van der Waals surface area contributed by atoms with Crippen LogP contribution in [0.5, 0.6) is 0 Å². The lowest BCUT2D eigenvalue weighted by atomic mass is 9.78. The van der Waals surface area contributed by atoms with Crippen LogP contribution in [0.1, 0.15) is 73.1 Å². The van der Waals surface area contributed by atoms with Gasteiger partial charge < -0.3 is 5.73 Å². The molecule has 0 aromatic rings. The van der Waals surface area contributed by atoms with Crippen molar-refractivity contribution in [2.75, 3.05) is 13.6 Å². The molecule has 0 rings (SSSR count). The third-order valence-electron chi connectivity index (χ3n) is 5.05. The standard InChI is InChI=1S/C18H36N2O2/c1-7-18(5,8-2)15(21)12-10-9-11-13-20(6)16(14(3)4)17(19)22/h14,16H,7-13H2,1-6H3,(H2,19,22)/t16-/m0/s1. The van der Waals surface area contributed by atoms with E-state index >= 15 is 0 Å². The Labute approximate surface area is 136 Å². The molecule has 0 aromatic carbocycles. The summed E-state index contributed by atoms with van der Waals surface area (Å²) in [7, 11) is 1.95. The summed E-state index contributed by atoms with van der Waals surface area (Å²) in [5.74, 6) is 0.358. The summed E-state index contributed by atoms with van der Waals surface area (Å²) in [6.45, 7) is 11.1. The van der Waals surface area contributed by atoms with E-state index < -0.39 is 0 Å². The molecule has 0 aliphatic rings. The fourth-order valence-corrected chi connectivity index (χ4v) is 2.96. The molecule has 0 spiro atoms. The molecule has 0 radical (unpaired) electrons. The molecule has 0 fully saturated rings. The summed E-state index contributed by atoms with van der Waals surface area (Å²) in [5.41, 5.74) is 5.31. The number of carbonyl (C=O) groups excluding carboxylic acids is 2. The highest BCUT2D eigenvalue weighted by atomic mass is 16.1. The van der Waals surface area contributed by atoms with Crippen molar-refractivity contribution in [2.24, 2.45) is 17.1 Å². The van der Waals surface area contributed by atoms with Crippen molar-refractivity contribution in [3.8, 4) is 0 Å². The molecule has 1 atom stereocenters. The Hall–Kier alpha value is -0.900. The van der Waals surface area contributed by atoms with Crippen molar-refractivity contribution in [1.82, 2.24) is 4.90 Å². The molecule has 130 valence electrons. The summed E-state index contributed by atoms with van der Waals surface area (Å²) in [4.78, 5) is 25.8. The number of primary amides is 1. The van der Waals surface area contributed by atoms with E-state index in [1.54, 1.807) is 0 Å². The highest BCUT2D eigenvalue weighted by Crippen LogP contribution is 2.28. The Morgan fingerprint density at radius 3 is 2.05 bits per heavy atom. The number of rotatable bonds is 12. The second-order valence-corrected chi connectivity index (χ2v) is 7.07. The lowest BCUT2D eigenvalue weighted by molar-refractivity contribution is -0.128. The molecule has 0 bridgehead atoms. The van der Waals surface area contributed by atoms with Crippen LogP contribution in [0.25, 0.3) is 0 Å². The van der Waals surface area contributed by atoms with Gasteiger partial charge in [-0.05, 0) is 45.2 Å². The number of ketones is 1. The number of nitrogens with two attached hydrogens (primary N) is 1. The lowest BCUT2D eigenvalue weighted by Gasteiger charge is -2.28. The molecule has 22 heavy (non-hydrogen) atoms. The molecule has 0 unspecified atom stereocenters. The topological polar surface area (TPSA) is 63.4 Å². The van der Waals surface area contributed by atoms with Crippen molar-refractivity contribution in [3.05, 3.63) is 0 Å². The summed E-state index contributed by atoms with van der Waals surface area (Å²) in [6.07, 6.45) is 5.45. The molecule has 0 aliphatic heterocycles. The molecule has 0 saturated carbocycles. The molecule has 4 nitrogen and oxygen atoms in total. The van der Waals surface area contributed by atoms with Crippen LogP contribution in [0.3, 0.4) is 0 Å². The maximum Gasteiger partial charge on any atom is 0.235 e. The van der Waals surface area contributed by atoms with Crippen LogP contribution >= 0.6 is 0 Å². The number of carbonyl (C=O) groups is 2. The molecule has 0 saturated heterocycles. The molecule has 0 aromatic heterocycles. The van der Waals surface area contributed by atoms with Gasteiger partial charge in [-0.15, -0.1) is 0 Å². The van der Waals surface area contributed by atoms with Crippen molar-refractivity contribution in [2.45, 2.75) is 79.2 Å². The van der Waals surface area contributed by atoms with E-state index in [1.807, 2.05) is 25.8 Å². The van der Waals surface area contributed by atoms with Gasteiger partial charge in [0.05, 0.1) is 6.04 Å². The maximum atomic E-state index is 12.2. The third-order valence-corrected chi connectivity index (χ3v) is 5.05. The molecular weight excluding hydrogens is 276 g/mol. The van der Waals surface area contributed by atoms with Crippen LogP contribution < -0.4 is 5.73 Å². The van der Waals surface area contributed by atoms with Gasteiger partial charge in [0, 0.05) is 11.8 Å². The van der Waals surface area contributed by atoms with Gasteiger partial charge >= 0.3 is 0 Å². The number of amides is 1. The van der Waals surface area contributed by atoms with E-state index in [0.29, 0.717) is 12.2 Å². The predicted octanol–water partition coefficient (Wildman–Crippen LogP) is 3.38. The summed E-state index contributed by atoms with van der Waals surface area (Å²) < 4.78 is 0. The second kappa shape index (κ2) is 9.98. The minimum absolute atomic E-state index is 0.147. The fraction of sp³-hybridized carbons (Fsp3) is 0.889. The van der Waals surface area contributed by atoms with Crippen molar-refractivity contribution >= 4 is 11.7 Å². The van der Waals surface area contributed by atoms with Gasteiger partial charge in [0.2, 0.25) is 5.91 Å². The summed E-state index contributed by atoms with van der Waals surface area (Å²) >= 11 is 0. The normalized spacial score (nSPS) is 13.6. The van der Waals surface area contributed by atoms with E-state index in [0.717, 1.165) is 38.6 Å². The SMILES string of the molecule is CCC(C)(CC)C(=O)CCCCCN(C)[C@H](C(N)=O)C(C)C. The smallest absolute Gasteiger partial charge is 0.235 e. The minimum Gasteiger partial charge on any atom is -0.368 e. The van der Waals surface area contributed by atoms with E-state index in [9.17, 15) is 9.59 Å². The van der Waals surface area contributed by atoms with E-state index in [4.69, 9.17) is 5.73 Å². The Morgan fingerprint density at radius 2 is 1.64 bits per heavy atom. The van der Waals surface area contributed by atoms with Crippen molar-refractivity contribution < 1.29 is 9.59 Å². The zero-order chi connectivity index (χ0) is 17.3. The molecule has 0 aliphatic carbocycles. The molecule has 4 heteroatoms. The van der Waals surface area contributed by atoms with Gasteiger partial charge in [-0.3, -0.25) is 14.5 Å². The third kappa shape index (κ3) is 6.47. The van der Waals surface area contributed by atoms with Crippen molar-refractivity contribution in [1.29, 1.82) is 0 Å². The largest absolute Gasteiger partial charge is 0.368 e. The predicted molar refractivity (Wildman–Crippen MR) is 92.6 cm³/mol. The van der Waals surface area contributed by atoms with Gasteiger partial charge in [-0.25, -0.2) is 0 Å². The molecule has 2 N–H and O–H groups in total. The number of unbranched alkanes of at least 4 members (excludes halogenated alkanes) is 2. The minimum atomic E-state index is -0.255. The van der Waals surface area contributed by atoms with E-state index in [-0.39, 0.29) is 23.3 Å². The fourth-order valence-electron chi connectivity index (χ4n) is 2.96. The summed E-state index contributed by atoms with van der Waals surface area (Å²) in [5, 5.41) is 0. The zero-order valence-electron chi connectivity index (χ0n) is 15.4. The zero-order valence-corrected chi connectivity index (χ0v) is 15.4. The Balaban J connectivity index is 4.08. The van der Waals surface area contributed by atoms with Crippen LogP contribution in [0.4, 0.5) is 0 Å². The monoisotopic (exact) mass is 312 g/mol. The van der Waals surface area contributed by atoms with Gasteiger partial charge in [0.1, 0.15) is 5.78 Å². The van der Waals surface area contributed by atoms with E-state index in [2.05, 4.69) is 20.8 Å². The van der Waals surface area contributed by atoms with E-state index in [1.165, 1.54) is 0 Å². The van der Waals surface area contributed by atoms with Gasteiger partial charge in [-0.1, -0.05) is 41.0 Å². The quantitative estimate of drug-likeness (QED) is 0.562. The number of likely N-dealkylation sites (N-methyl/N-ethyl adjacent to an activating group) is 1. The number of hydrogen-bond acceptors (Lipinski definition) is 3. The first-order valence-corrected chi connectivity index (χ1v) is 8.72. The van der Waals surface area contributed by atoms with Crippen LogP contribution in [0, 0.1) is 11.3 Å². The number of nitrogens with zero attached hydrogens (tertiary/aromatic N) is 1. The van der Waals surface area contributed by atoms with Crippen LogP contribution in [0.15, 0.2) is 0 Å². The molecular formula is C18H36N2O2. The Morgan fingerprint density at radius 1 is 1.09 bits per heavy atom. The van der Waals surface area contributed by atoms with Crippen molar-refractivity contribution in [3.63, 3.8) is 0 Å². The second-order valence-electron chi connectivity index (χ2n) is 7.07. The first-order chi connectivity index (χ1) is 10.2. The lowest BCUT2D eigenvalue weighted by Crippen LogP contribution is -2.46. The van der Waals surface area contributed by atoms with Gasteiger partial charge in [-0.2, -0.15) is 0 Å². The average molecular weight is 312 g/mol. The average Bonchev–Trinajstić information content (AvgIpc) is 2.44. The van der Waals surface area contributed by atoms with Crippen LogP contribution in [-0.4, -0.2) is 36.2 Å². The van der Waals surface area contributed by atoms with Crippen LogP contribution in [0.2, 0.25) is 0 Å². The van der Waals surface area contributed by atoms with Crippen LogP contribution in [-0.2, 0) is 9.59 Å². The summed E-state index contributed by atoms with van der Waals surface area (Å²) in [6, 6.07) is -0.204. The highest BCUT2D eigenvalue weighted by molar-refractivity contribution is 5.84. The first kappa shape index (κ1) is 21.1. The number of hydrogen-bond donors (Lipinski definition) is 1. The molecule has 1 amide bonds. The highest BCUT2D eigenvalue weighted by Gasteiger charge is 2.28. The maximum absolute atomic E-state index is 12.2. The first-order valence-electron chi connectivity index (χ1n) is 8.72. The molecule has 0 heterocycles. The Kier molecular flexibility index (Phi) is 9.58.